The minimum atomic E-state index is -0.179. The molecule has 3 aromatic rings. The highest BCUT2D eigenvalue weighted by molar-refractivity contribution is 7.16. The first-order valence-corrected chi connectivity index (χ1v) is 9.75. The number of nitrogens with zero attached hydrogens (tertiary/aromatic N) is 1. The molecule has 0 bridgehead atoms. The molecule has 0 amide bonds. The average molecular weight is 437 g/mol. The second-order valence-electron chi connectivity index (χ2n) is 5.83. The van der Waals surface area contributed by atoms with Gasteiger partial charge in [0, 0.05) is 17.7 Å². The molecular formula is C20H21ClN2O5S. The van der Waals surface area contributed by atoms with Gasteiger partial charge in [0.25, 0.3) is 0 Å². The molecule has 0 aliphatic heterocycles. The number of methoxy groups -OCH3 is 4. The van der Waals surface area contributed by atoms with Crippen molar-refractivity contribution in [2.45, 2.75) is 6.61 Å². The van der Waals surface area contributed by atoms with Crippen LogP contribution in [0.3, 0.4) is 0 Å². The van der Waals surface area contributed by atoms with E-state index in [1.807, 2.05) is 12.1 Å². The summed E-state index contributed by atoms with van der Waals surface area (Å²) in [5.74, 6) is 2.33. The number of aliphatic hydroxyl groups is 1. The van der Waals surface area contributed by atoms with E-state index in [0.717, 1.165) is 5.69 Å². The second-order valence-corrected chi connectivity index (χ2v) is 7.32. The summed E-state index contributed by atoms with van der Waals surface area (Å²) in [6.45, 7) is -0.179. The van der Waals surface area contributed by atoms with Gasteiger partial charge in [0.1, 0.15) is 23.0 Å². The predicted octanol–water partition coefficient (Wildman–Crippen LogP) is 4.73. The SMILES string of the molecule is COc1ccc(Nc2nc(-c3cc(Cl)c(OC)cc3OC)c(CO)s2)c(OC)c1. The molecule has 9 heteroatoms. The molecule has 154 valence electrons. The molecule has 0 atom stereocenters. The van der Waals surface area contributed by atoms with Crippen LogP contribution in [0.5, 0.6) is 23.0 Å². The highest BCUT2D eigenvalue weighted by atomic mass is 35.5. The van der Waals surface area contributed by atoms with Crippen LogP contribution in [-0.2, 0) is 6.61 Å². The third kappa shape index (κ3) is 4.34. The molecule has 29 heavy (non-hydrogen) atoms. The molecule has 0 spiro atoms. The Hall–Kier alpha value is -2.68. The Bertz CT molecular complexity index is 1010. The summed E-state index contributed by atoms with van der Waals surface area (Å²) in [6.07, 6.45) is 0. The average Bonchev–Trinajstić information content (AvgIpc) is 3.16. The molecule has 0 aliphatic carbocycles. The van der Waals surface area contributed by atoms with Crippen LogP contribution in [-0.4, -0.2) is 38.5 Å². The van der Waals surface area contributed by atoms with E-state index in [1.54, 1.807) is 39.5 Å². The molecule has 0 aliphatic rings. The zero-order chi connectivity index (χ0) is 21.0. The third-order valence-electron chi connectivity index (χ3n) is 4.22. The van der Waals surface area contributed by atoms with Gasteiger partial charge < -0.3 is 29.4 Å². The van der Waals surface area contributed by atoms with Gasteiger partial charge in [0.15, 0.2) is 5.13 Å². The standard InChI is InChI=1S/C20H21ClN2O5S/c1-25-11-5-6-14(17(7-11)28-4)22-20-23-19(18(10-24)29-20)12-8-13(21)16(27-3)9-15(12)26-2/h5-9,24H,10H2,1-4H3,(H,22,23). The Balaban J connectivity index is 2.02. The van der Waals surface area contributed by atoms with Gasteiger partial charge in [-0.05, 0) is 18.2 Å². The lowest BCUT2D eigenvalue weighted by molar-refractivity contribution is 0.286. The van der Waals surface area contributed by atoms with Crippen LogP contribution in [0.25, 0.3) is 11.3 Å². The van der Waals surface area contributed by atoms with Crippen LogP contribution in [0.15, 0.2) is 30.3 Å². The van der Waals surface area contributed by atoms with Crippen molar-refractivity contribution < 1.29 is 24.1 Å². The van der Waals surface area contributed by atoms with Crippen LogP contribution in [0.1, 0.15) is 4.88 Å². The lowest BCUT2D eigenvalue weighted by Crippen LogP contribution is -1.96. The van der Waals surface area contributed by atoms with Gasteiger partial charge in [-0.3, -0.25) is 0 Å². The summed E-state index contributed by atoms with van der Waals surface area (Å²) in [7, 11) is 6.26. The van der Waals surface area contributed by atoms with Crippen LogP contribution in [0, 0.1) is 0 Å². The number of hydrogen-bond acceptors (Lipinski definition) is 8. The van der Waals surface area contributed by atoms with Crippen molar-refractivity contribution in [3.63, 3.8) is 0 Å². The highest BCUT2D eigenvalue weighted by Crippen LogP contribution is 2.42. The fourth-order valence-corrected chi connectivity index (χ4v) is 3.87. The van der Waals surface area contributed by atoms with Crippen LogP contribution >= 0.6 is 22.9 Å². The molecule has 0 unspecified atom stereocenters. The Morgan fingerprint density at radius 1 is 0.966 bits per heavy atom. The maximum Gasteiger partial charge on any atom is 0.188 e. The normalized spacial score (nSPS) is 10.6. The maximum atomic E-state index is 9.86. The number of aromatic nitrogens is 1. The van der Waals surface area contributed by atoms with Crippen molar-refractivity contribution in [3.05, 3.63) is 40.2 Å². The number of benzene rings is 2. The molecule has 0 fully saturated rings. The number of thiazole rings is 1. The van der Waals surface area contributed by atoms with E-state index < -0.39 is 0 Å². The topological polar surface area (TPSA) is 82.1 Å². The Kier molecular flexibility index (Phi) is 6.68. The maximum absolute atomic E-state index is 9.86. The molecule has 0 saturated carbocycles. The number of anilines is 2. The first-order valence-electron chi connectivity index (χ1n) is 8.56. The molecule has 2 N–H and O–H groups in total. The smallest absolute Gasteiger partial charge is 0.188 e. The van der Waals surface area contributed by atoms with Crippen molar-refractivity contribution >= 4 is 33.8 Å². The van der Waals surface area contributed by atoms with Crippen LogP contribution in [0.4, 0.5) is 10.8 Å². The number of aliphatic hydroxyl groups excluding tert-OH is 1. The predicted molar refractivity (Wildman–Crippen MR) is 114 cm³/mol. The second kappa shape index (κ2) is 9.21. The van der Waals surface area contributed by atoms with Crippen molar-refractivity contribution in [1.82, 2.24) is 4.98 Å². The number of rotatable bonds is 8. The summed E-state index contributed by atoms with van der Waals surface area (Å²) in [5, 5.41) is 14.1. The summed E-state index contributed by atoms with van der Waals surface area (Å²) in [5.41, 5.74) is 1.96. The summed E-state index contributed by atoms with van der Waals surface area (Å²) < 4.78 is 21.4. The quantitative estimate of drug-likeness (QED) is 0.528. The highest BCUT2D eigenvalue weighted by Gasteiger charge is 2.19. The summed E-state index contributed by atoms with van der Waals surface area (Å²) in [6, 6.07) is 8.83. The zero-order valence-corrected chi connectivity index (χ0v) is 18.0. The van der Waals surface area contributed by atoms with Crippen LogP contribution in [0.2, 0.25) is 5.02 Å². The van der Waals surface area contributed by atoms with Crippen molar-refractivity contribution in [2.24, 2.45) is 0 Å². The molecule has 1 aromatic heterocycles. The van der Waals surface area contributed by atoms with Gasteiger partial charge in [-0.25, -0.2) is 4.98 Å². The number of ether oxygens (including phenoxy) is 4. The lowest BCUT2D eigenvalue weighted by Gasteiger charge is -2.12. The molecule has 0 saturated heterocycles. The van der Waals surface area contributed by atoms with E-state index in [1.165, 1.54) is 18.4 Å². The lowest BCUT2D eigenvalue weighted by atomic mass is 10.1. The van der Waals surface area contributed by atoms with Crippen LogP contribution < -0.4 is 24.3 Å². The van der Waals surface area contributed by atoms with Crippen molar-refractivity contribution in [3.8, 4) is 34.3 Å². The first-order chi connectivity index (χ1) is 14.0. The minimum absolute atomic E-state index is 0.179. The van der Waals surface area contributed by atoms with E-state index in [-0.39, 0.29) is 6.61 Å². The van der Waals surface area contributed by atoms with E-state index in [0.29, 0.717) is 49.3 Å². The Morgan fingerprint density at radius 3 is 2.31 bits per heavy atom. The summed E-state index contributed by atoms with van der Waals surface area (Å²) >= 11 is 7.62. The van der Waals surface area contributed by atoms with E-state index in [2.05, 4.69) is 10.3 Å². The van der Waals surface area contributed by atoms with Gasteiger partial charge in [-0.15, -0.1) is 0 Å². The Morgan fingerprint density at radius 2 is 1.69 bits per heavy atom. The van der Waals surface area contributed by atoms with E-state index in [4.69, 9.17) is 30.5 Å². The van der Waals surface area contributed by atoms with Gasteiger partial charge >= 0.3 is 0 Å². The fourth-order valence-electron chi connectivity index (χ4n) is 2.78. The Labute approximate surface area is 177 Å². The monoisotopic (exact) mass is 436 g/mol. The third-order valence-corrected chi connectivity index (χ3v) is 5.47. The largest absolute Gasteiger partial charge is 0.497 e. The summed E-state index contributed by atoms with van der Waals surface area (Å²) in [4.78, 5) is 5.32. The van der Waals surface area contributed by atoms with Gasteiger partial charge in [-0.2, -0.15) is 0 Å². The number of hydrogen-bond donors (Lipinski definition) is 2. The molecule has 7 nitrogen and oxygen atoms in total. The zero-order valence-electron chi connectivity index (χ0n) is 16.4. The molecule has 0 radical (unpaired) electrons. The van der Waals surface area contributed by atoms with Gasteiger partial charge in [-0.1, -0.05) is 22.9 Å². The van der Waals surface area contributed by atoms with Gasteiger partial charge in [0.05, 0.1) is 56.3 Å². The number of nitrogens with one attached hydrogen (secondary N) is 1. The molecular weight excluding hydrogens is 416 g/mol. The molecule has 2 aromatic carbocycles. The fraction of sp³-hybridized carbons (Fsp3) is 0.250. The number of halogens is 1. The molecule has 1 heterocycles. The van der Waals surface area contributed by atoms with Gasteiger partial charge in [0.2, 0.25) is 0 Å². The minimum Gasteiger partial charge on any atom is -0.497 e. The molecule has 3 rings (SSSR count). The first kappa shape index (κ1) is 21.0. The van der Waals surface area contributed by atoms with E-state index >= 15 is 0 Å². The van der Waals surface area contributed by atoms with Crippen molar-refractivity contribution in [1.29, 1.82) is 0 Å². The van der Waals surface area contributed by atoms with Crippen molar-refractivity contribution in [2.75, 3.05) is 33.8 Å². The van der Waals surface area contributed by atoms with E-state index in [9.17, 15) is 5.11 Å².